The highest BCUT2D eigenvalue weighted by molar-refractivity contribution is 7.14. The number of amides is 1. The summed E-state index contributed by atoms with van der Waals surface area (Å²) in [4.78, 5) is 21.0. The molecule has 1 fully saturated rings. The predicted octanol–water partition coefficient (Wildman–Crippen LogP) is 3.90. The first kappa shape index (κ1) is 17.2. The monoisotopic (exact) mass is 387 g/mol. The second kappa shape index (κ2) is 7.55. The van der Waals surface area contributed by atoms with E-state index < -0.39 is 0 Å². The smallest absolute Gasteiger partial charge is 0.228 e. The van der Waals surface area contributed by atoms with Crippen molar-refractivity contribution in [2.45, 2.75) is 6.42 Å². The van der Waals surface area contributed by atoms with Crippen LogP contribution in [0.4, 0.5) is 10.1 Å². The highest BCUT2D eigenvalue weighted by atomic mass is 32.1. The van der Waals surface area contributed by atoms with Gasteiger partial charge in [-0.3, -0.25) is 4.79 Å². The third kappa shape index (κ3) is 3.64. The molecule has 0 radical (unpaired) electrons. The Bertz CT molecular complexity index is 886. The first-order chi connectivity index (χ1) is 12.7. The molecule has 0 saturated carbocycles. The molecule has 26 heavy (non-hydrogen) atoms. The second-order valence-corrected chi connectivity index (χ2v) is 7.79. The number of carbonyl (C=O) groups excluding carboxylic acids is 1. The van der Waals surface area contributed by atoms with Crippen molar-refractivity contribution in [3.05, 3.63) is 58.0 Å². The van der Waals surface area contributed by atoms with Crippen LogP contribution in [-0.4, -0.2) is 42.0 Å². The van der Waals surface area contributed by atoms with Gasteiger partial charge in [-0.15, -0.1) is 11.3 Å². The maximum Gasteiger partial charge on any atom is 0.228 e. The quantitative estimate of drug-likeness (QED) is 0.681. The van der Waals surface area contributed by atoms with Crippen molar-refractivity contribution in [3.63, 3.8) is 0 Å². The number of thiazole rings is 1. The Morgan fingerprint density at radius 3 is 2.65 bits per heavy atom. The molecule has 4 rings (SSSR count). The fraction of sp³-hybridized carbons (Fsp3) is 0.263. The fourth-order valence-corrected chi connectivity index (χ4v) is 4.61. The number of carbonyl (C=O) groups is 1. The van der Waals surface area contributed by atoms with Crippen LogP contribution in [0.1, 0.15) is 5.69 Å². The minimum Gasteiger partial charge on any atom is -0.366 e. The second-order valence-electron chi connectivity index (χ2n) is 6.15. The highest BCUT2D eigenvalue weighted by Crippen LogP contribution is 2.26. The minimum atomic E-state index is -0.212. The van der Waals surface area contributed by atoms with Gasteiger partial charge in [0.15, 0.2) is 0 Å². The Labute approximate surface area is 159 Å². The van der Waals surface area contributed by atoms with E-state index in [0.29, 0.717) is 38.3 Å². The summed E-state index contributed by atoms with van der Waals surface area (Å²) in [7, 11) is 0. The maximum absolute atomic E-state index is 13.9. The van der Waals surface area contributed by atoms with Gasteiger partial charge in [-0.25, -0.2) is 9.37 Å². The van der Waals surface area contributed by atoms with Crippen LogP contribution in [0.5, 0.6) is 0 Å². The largest absolute Gasteiger partial charge is 0.366 e. The van der Waals surface area contributed by atoms with Gasteiger partial charge in [0.1, 0.15) is 10.8 Å². The maximum atomic E-state index is 13.9. The molecule has 3 aromatic rings. The molecule has 4 nitrogen and oxygen atoms in total. The molecule has 7 heteroatoms. The van der Waals surface area contributed by atoms with Gasteiger partial charge in [-0.1, -0.05) is 12.1 Å². The zero-order valence-electron chi connectivity index (χ0n) is 14.1. The Hall–Kier alpha value is -2.25. The van der Waals surface area contributed by atoms with E-state index >= 15 is 0 Å². The Kier molecular flexibility index (Phi) is 4.99. The summed E-state index contributed by atoms with van der Waals surface area (Å²) in [5.74, 6) is -0.129. The minimum absolute atomic E-state index is 0.0837. The van der Waals surface area contributed by atoms with Gasteiger partial charge in [0.05, 0.1) is 17.8 Å². The van der Waals surface area contributed by atoms with E-state index in [1.807, 2.05) is 32.7 Å². The van der Waals surface area contributed by atoms with E-state index in [1.54, 1.807) is 34.8 Å². The van der Waals surface area contributed by atoms with Gasteiger partial charge < -0.3 is 9.80 Å². The van der Waals surface area contributed by atoms with Gasteiger partial charge >= 0.3 is 0 Å². The van der Waals surface area contributed by atoms with E-state index in [9.17, 15) is 9.18 Å². The molecule has 1 aliphatic rings. The zero-order chi connectivity index (χ0) is 17.9. The van der Waals surface area contributed by atoms with Crippen LogP contribution in [0.3, 0.4) is 0 Å². The molecule has 134 valence electrons. The number of rotatable bonds is 4. The number of hydrogen-bond acceptors (Lipinski definition) is 5. The lowest BCUT2D eigenvalue weighted by Gasteiger charge is -2.36. The van der Waals surface area contributed by atoms with E-state index in [1.165, 1.54) is 6.07 Å². The molecular formula is C19H18FN3OS2. The first-order valence-electron chi connectivity index (χ1n) is 8.45. The number of nitrogens with zero attached hydrogens (tertiary/aromatic N) is 3. The van der Waals surface area contributed by atoms with E-state index in [2.05, 4.69) is 10.4 Å². The third-order valence-corrected chi connectivity index (χ3v) is 6.10. The van der Waals surface area contributed by atoms with Crippen molar-refractivity contribution in [3.8, 4) is 10.6 Å². The summed E-state index contributed by atoms with van der Waals surface area (Å²) < 4.78 is 13.9. The molecule has 3 heterocycles. The van der Waals surface area contributed by atoms with E-state index in [0.717, 1.165) is 16.3 Å². The molecule has 0 N–H and O–H groups in total. The molecule has 1 saturated heterocycles. The van der Waals surface area contributed by atoms with Crippen LogP contribution in [0.15, 0.2) is 46.5 Å². The lowest BCUT2D eigenvalue weighted by atomic mass is 10.2. The summed E-state index contributed by atoms with van der Waals surface area (Å²) in [6, 6.07) is 8.82. The van der Waals surface area contributed by atoms with Gasteiger partial charge in [-0.05, 0) is 23.6 Å². The number of para-hydroxylation sites is 1. The normalized spacial score (nSPS) is 14.7. The zero-order valence-corrected chi connectivity index (χ0v) is 15.7. The topological polar surface area (TPSA) is 36.4 Å². The number of halogens is 1. The highest BCUT2D eigenvalue weighted by Gasteiger charge is 2.23. The summed E-state index contributed by atoms with van der Waals surface area (Å²) >= 11 is 3.21. The molecule has 0 unspecified atom stereocenters. The number of aromatic nitrogens is 1. The SMILES string of the molecule is O=C(Cc1csc(-c2ccsc2)n1)N1CCN(c2ccccc2F)CC1. The van der Waals surface area contributed by atoms with Gasteiger partial charge in [0.2, 0.25) is 5.91 Å². The Balaban J connectivity index is 1.35. The van der Waals surface area contributed by atoms with Gasteiger partial charge in [0.25, 0.3) is 0 Å². The predicted molar refractivity (Wildman–Crippen MR) is 104 cm³/mol. The number of hydrogen-bond donors (Lipinski definition) is 0. The molecule has 0 spiro atoms. The lowest BCUT2D eigenvalue weighted by Crippen LogP contribution is -2.49. The summed E-state index contributed by atoms with van der Waals surface area (Å²) in [5.41, 5.74) is 2.54. The summed E-state index contributed by atoms with van der Waals surface area (Å²) in [5, 5.41) is 7.00. The van der Waals surface area contributed by atoms with E-state index in [-0.39, 0.29) is 11.7 Å². The van der Waals surface area contributed by atoms with Crippen LogP contribution >= 0.6 is 22.7 Å². The van der Waals surface area contributed by atoms with E-state index in [4.69, 9.17) is 0 Å². The van der Waals surface area contributed by atoms with Crippen molar-refractivity contribution >= 4 is 34.3 Å². The molecule has 0 bridgehead atoms. The number of piperazine rings is 1. The summed E-state index contributed by atoms with van der Waals surface area (Å²) in [6.07, 6.45) is 0.320. The molecule has 0 atom stereocenters. The van der Waals surface area contributed by atoms with Crippen molar-refractivity contribution < 1.29 is 9.18 Å². The third-order valence-electron chi connectivity index (χ3n) is 4.48. The van der Waals surface area contributed by atoms with Crippen molar-refractivity contribution in [2.24, 2.45) is 0 Å². The van der Waals surface area contributed by atoms with Crippen molar-refractivity contribution in [1.82, 2.24) is 9.88 Å². The number of anilines is 1. The number of thiophene rings is 1. The molecule has 1 aliphatic heterocycles. The first-order valence-corrected chi connectivity index (χ1v) is 10.3. The molecule has 1 aromatic carbocycles. The molecule has 2 aromatic heterocycles. The van der Waals surface area contributed by atoms with Crippen LogP contribution in [-0.2, 0) is 11.2 Å². The standard InChI is InChI=1S/C19H18FN3OS2/c20-16-3-1-2-4-17(16)22-6-8-23(9-7-22)18(24)11-15-13-26-19(21-15)14-5-10-25-12-14/h1-5,10,12-13H,6-9,11H2. The van der Waals surface area contributed by atoms with Gasteiger partial charge in [-0.2, -0.15) is 11.3 Å². The fourth-order valence-electron chi connectivity index (χ4n) is 3.08. The molecule has 0 aliphatic carbocycles. The molecule has 1 amide bonds. The van der Waals surface area contributed by atoms with Crippen molar-refractivity contribution in [2.75, 3.05) is 31.1 Å². The van der Waals surface area contributed by atoms with Gasteiger partial charge in [0, 0.05) is 42.5 Å². The van der Waals surface area contributed by atoms with Crippen LogP contribution in [0.2, 0.25) is 0 Å². The lowest BCUT2D eigenvalue weighted by molar-refractivity contribution is -0.130. The molecular weight excluding hydrogens is 369 g/mol. The average Bonchev–Trinajstić information content (AvgIpc) is 3.34. The van der Waals surface area contributed by atoms with Crippen LogP contribution in [0.25, 0.3) is 10.6 Å². The average molecular weight is 388 g/mol. The number of benzene rings is 1. The Morgan fingerprint density at radius 2 is 1.92 bits per heavy atom. The van der Waals surface area contributed by atoms with Crippen molar-refractivity contribution in [1.29, 1.82) is 0 Å². The van der Waals surface area contributed by atoms with Crippen LogP contribution < -0.4 is 4.90 Å². The van der Waals surface area contributed by atoms with Crippen LogP contribution in [0, 0.1) is 5.82 Å². The Morgan fingerprint density at radius 1 is 1.12 bits per heavy atom. The summed E-state index contributed by atoms with van der Waals surface area (Å²) in [6.45, 7) is 2.50.